The minimum absolute atomic E-state index is 0.590. The van der Waals surface area contributed by atoms with Crippen LogP contribution >= 0.6 is 0 Å². The Bertz CT molecular complexity index is 635. The minimum atomic E-state index is 0.590. The lowest BCUT2D eigenvalue weighted by Crippen LogP contribution is -2.04. The summed E-state index contributed by atoms with van der Waals surface area (Å²) >= 11 is 0. The summed E-state index contributed by atoms with van der Waals surface area (Å²) in [6, 6.07) is 8.25. The van der Waals surface area contributed by atoms with Gasteiger partial charge in [-0.05, 0) is 38.4 Å². The van der Waals surface area contributed by atoms with Crippen LogP contribution in [0.2, 0.25) is 0 Å². The van der Waals surface area contributed by atoms with Gasteiger partial charge in [0.05, 0.1) is 12.2 Å². The number of aliphatic imine (C=N–C) groups is 2. The normalized spacial score (nSPS) is 12.4. The van der Waals surface area contributed by atoms with E-state index in [0.29, 0.717) is 6.67 Å². The number of rotatable bonds is 5. The average molecular weight is 254 g/mol. The molecule has 1 heterocycles. The molecule has 0 saturated carbocycles. The van der Waals surface area contributed by atoms with Gasteiger partial charge in [-0.15, -0.1) is 0 Å². The second-order valence-corrected chi connectivity index (χ2v) is 4.23. The Balaban J connectivity index is 2.44. The lowest BCUT2D eigenvalue weighted by molar-refractivity contribution is 0.838. The maximum absolute atomic E-state index is 4.18. The zero-order chi connectivity index (χ0) is 13.7. The van der Waals surface area contributed by atoms with Crippen molar-refractivity contribution in [1.29, 1.82) is 0 Å². The van der Waals surface area contributed by atoms with Crippen LogP contribution in [0.5, 0.6) is 0 Å². The third-order valence-corrected chi connectivity index (χ3v) is 2.90. The van der Waals surface area contributed by atoms with Crippen molar-refractivity contribution in [2.45, 2.75) is 6.92 Å². The van der Waals surface area contributed by atoms with Gasteiger partial charge >= 0.3 is 0 Å². The minimum Gasteiger partial charge on any atom is -0.301 e. The molecule has 0 spiro atoms. The van der Waals surface area contributed by atoms with Crippen molar-refractivity contribution >= 4 is 29.7 Å². The molecule has 1 aromatic carbocycles. The molecular weight excluding hydrogens is 236 g/mol. The SMILES string of the molecule is C=N/C(=C\C=N/CNC)n1cc(C)c2ccccc21. The smallest absolute Gasteiger partial charge is 0.137 e. The number of fused-ring (bicyclic) bond motifs is 1. The van der Waals surface area contributed by atoms with Gasteiger partial charge in [0.2, 0.25) is 0 Å². The Hall–Kier alpha value is -2.20. The van der Waals surface area contributed by atoms with E-state index in [1.165, 1.54) is 10.9 Å². The first-order valence-electron chi connectivity index (χ1n) is 6.16. The van der Waals surface area contributed by atoms with E-state index >= 15 is 0 Å². The maximum atomic E-state index is 4.18. The maximum Gasteiger partial charge on any atom is 0.137 e. The summed E-state index contributed by atoms with van der Waals surface area (Å²) in [7, 11) is 1.86. The molecule has 19 heavy (non-hydrogen) atoms. The molecule has 0 atom stereocenters. The zero-order valence-corrected chi connectivity index (χ0v) is 11.3. The molecule has 2 rings (SSSR count). The van der Waals surface area contributed by atoms with Crippen LogP contribution in [0.25, 0.3) is 16.7 Å². The van der Waals surface area contributed by atoms with Crippen LogP contribution in [-0.2, 0) is 0 Å². The van der Waals surface area contributed by atoms with E-state index in [4.69, 9.17) is 0 Å². The fourth-order valence-corrected chi connectivity index (χ4v) is 2.01. The van der Waals surface area contributed by atoms with E-state index in [-0.39, 0.29) is 0 Å². The molecule has 0 saturated heterocycles. The third kappa shape index (κ3) is 2.80. The van der Waals surface area contributed by atoms with E-state index in [1.54, 1.807) is 6.21 Å². The first kappa shape index (κ1) is 13.2. The molecular formula is C15H18N4. The Labute approximate surface area is 113 Å². The van der Waals surface area contributed by atoms with Crippen LogP contribution in [0.3, 0.4) is 0 Å². The fourth-order valence-electron chi connectivity index (χ4n) is 2.01. The molecule has 98 valence electrons. The summed E-state index contributed by atoms with van der Waals surface area (Å²) in [6.45, 7) is 6.32. The lowest BCUT2D eigenvalue weighted by atomic mass is 10.2. The molecule has 1 N–H and O–H groups in total. The summed E-state index contributed by atoms with van der Waals surface area (Å²) < 4.78 is 2.03. The molecule has 0 aliphatic carbocycles. The highest BCUT2D eigenvalue weighted by atomic mass is 15.1. The van der Waals surface area contributed by atoms with Gasteiger partial charge in [0, 0.05) is 17.8 Å². The monoisotopic (exact) mass is 254 g/mol. The number of hydrogen-bond acceptors (Lipinski definition) is 3. The quantitative estimate of drug-likeness (QED) is 0.819. The molecule has 0 radical (unpaired) electrons. The van der Waals surface area contributed by atoms with Gasteiger partial charge in [-0.3, -0.25) is 4.99 Å². The highest BCUT2D eigenvalue weighted by Crippen LogP contribution is 2.23. The van der Waals surface area contributed by atoms with E-state index in [9.17, 15) is 0 Å². The van der Waals surface area contributed by atoms with Crippen molar-refractivity contribution in [3.63, 3.8) is 0 Å². The Morgan fingerprint density at radius 1 is 1.42 bits per heavy atom. The van der Waals surface area contributed by atoms with Gasteiger partial charge in [0.15, 0.2) is 0 Å². The van der Waals surface area contributed by atoms with Crippen LogP contribution in [-0.4, -0.2) is 31.2 Å². The van der Waals surface area contributed by atoms with Gasteiger partial charge < -0.3 is 9.88 Å². The van der Waals surface area contributed by atoms with Crippen molar-refractivity contribution in [3.05, 3.63) is 42.1 Å². The molecule has 2 aromatic rings. The highest BCUT2D eigenvalue weighted by molar-refractivity contribution is 5.89. The summed E-state index contributed by atoms with van der Waals surface area (Å²) in [5, 5.41) is 4.18. The topological polar surface area (TPSA) is 41.7 Å². The van der Waals surface area contributed by atoms with E-state index in [1.807, 2.05) is 29.8 Å². The standard InChI is InChI=1S/C15H18N4/c1-12-10-19(14-7-5-4-6-13(12)14)15(17-3)8-9-18-11-16-2/h4-10,16H,3,11H2,1-2H3/b15-8+,18-9-. The van der Waals surface area contributed by atoms with Crippen molar-refractivity contribution < 1.29 is 0 Å². The number of nitrogens with zero attached hydrogens (tertiary/aromatic N) is 3. The number of allylic oxidation sites excluding steroid dienone is 1. The van der Waals surface area contributed by atoms with Crippen molar-refractivity contribution in [3.8, 4) is 0 Å². The Morgan fingerprint density at radius 3 is 2.95 bits per heavy atom. The number of aryl methyl sites for hydroxylation is 1. The van der Waals surface area contributed by atoms with Crippen LogP contribution in [0.4, 0.5) is 0 Å². The van der Waals surface area contributed by atoms with Crippen molar-refractivity contribution in [2.75, 3.05) is 13.7 Å². The molecule has 0 amide bonds. The molecule has 0 aliphatic rings. The van der Waals surface area contributed by atoms with Gasteiger partial charge in [-0.2, -0.15) is 0 Å². The summed E-state index contributed by atoms with van der Waals surface area (Å²) in [5.41, 5.74) is 2.35. The lowest BCUT2D eigenvalue weighted by Gasteiger charge is -2.04. The Kier molecular flexibility index (Phi) is 4.26. The number of benzene rings is 1. The predicted molar refractivity (Wildman–Crippen MR) is 82.9 cm³/mol. The van der Waals surface area contributed by atoms with Crippen LogP contribution in [0, 0.1) is 6.92 Å². The highest BCUT2D eigenvalue weighted by Gasteiger charge is 2.06. The van der Waals surface area contributed by atoms with Crippen molar-refractivity contribution in [2.24, 2.45) is 9.98 Å². The van der Waals surface area contributed by atoms with Crippen LogP contribution in [0.1, 0.15) is 5.56 Å². The number of aromatic nitrogens is 1. The summed E-state index contributed by atoms with van der Waals surface area (Å²) in [6.07, 6.45) is 5.66. The zero-order valence-electron chi connectivity index (χ0n) is 11.3. The van der Waals surface area contributed by atoms with Gasteiger partial charge in [0.25, 0.3) is 0 Å². The third-order valence-electron chi connectivity index (χ3n) is 2.90. The van der Waals surface area contributed by atoms with Gasteiger partial charge in [-0.1, -0.05) is 18.2 Å². The van der Waals surface area contributed by atoms with E-state index < -0.39 is 0 Å². The molecule has 4 nitrogen and oxygen atoms in total. The van der Waals surface area contributed by atoms with Crippen molar-refractivity contribution in [1.82, 2.24) is 9.88 Å². The molecule has 1 aromatic heterocycles. The van der Waals surface area contributed by atoms with E-state index in [2.05, 4.69) is 47.3 Å². The van der Waals surface area contributed by atoms with E-state index in [0.717, 1.165) is 11.3 Å². The molecule has 0 unspecified atom stereocenters. The largest absolute Gasteiger partial charge is 0.301 e. The second kappa shape index (κ2) is 6.11. The predicted octanol–water partition coefficient (Wildman–Crippen LogP) is 2.70. The summed E-state index contributed by atoms with van der Waals surface area (Å²) in [5.74, 6) is 0.768. The fraction of sp³-hybridized carbons (Fsp3) is 0.200. The van der Waals surface area contributed by atoms with Crippen LogP contribution < -0.4 is 5.32 Å². The molecule has 0 aliphatic heterocycles. The number of nitrogens with one attached hydrogen (secondary N) is 1. The molecule has 0 fully saturated rings. The summed E-state index contributed by atoms with van der Waals surface area (Å²) in [4.78, 5) is 8.26. The molecule has 4 heteroatoms. The van der Waals surface area contributed by atoms with Gasteiger partial charge in [-0.25, -0.2) is 4.99 Å². The molecule has 0 bridgehead atoms. The first-order valence-corrected chi connectivity index (χ1v) is 6.16. The average Bonchev–Trinajstić information content (AvgIpc) is 2.77. The number of para-hydroxylation sites is 1. The Morgan fingerprint density at radius 2 is 2.21 bits per heavy atom. The second-order valence-electron chi connectivity index (χ2n) is 4.23. The first-order chi connectivity index (χ1) is 9.27. The van der Waals surface area contributed by atoms with Crippen LogP contribution in [0.15, 0.2) is 46.5 Å². The van der Waals surface area contributed by atoms with Gasteiger partial charge in [0.1, 0.15) is 5.82 Å². The number of hydrogen-bond donors (Lipinski definition) is 1.